The molecule has 1 unspecified atom stereocenters. The summed E-state index contributed by atoms with van der Waals surface area (Å²) in [6, 6.07) is 8.51. The Morgan fingerprint density at radius 3 is 2.61 bits per heavy atom. The second-order valence-electron chi connectivity index (χ2n) is 6.48. The highest BCUT2D eigenvalue weighted by atomic mass is 35.5. The molecule has 0 fully saturated rings. The first-order valence-electron chi connectivity index (χ1n) is 8.72. The molecule has 0 saturated heterocycles. The summed E-state index contributed by atoms with van der Waals surface area (Å²) in [5, 5.41) is 16.3. The fourth-order valence-corrected chi connectivity index (χ4v) is 2.71. The number of pyridine rings is 1. The van der Waals surface area contributed by atoms with Crippen molar-refractivity contribution in [2.75, 3.05) is 6.54 Å². The van der Waals surface area contributed by atoms with Crippen molar-refractivity contribution in [2.24, 2.45) is 5.92 Å². The van der Waals surface area contributed by atoms with Crippen molar-refractivity contribution >= 4 is 29.1 Å². The molecule has 1 atom stereocenters. The number of benzene rings is 1. The Hall–Kier alpha value is -3.00. The van der Waals surface area contributed by atoms with Crippen LogP contribution < -0.4 is 10.6 Å². The molecule has 2 N–H and O–H groups in total. The third-order valence-corrected chi connectivity index (χ3v) is 4.37. The Labute approximate surface area is 167 Å². The third-order valence-electron chi connectivity index (χ3n) is 4.05. The number of amides is 2. The Bertz CT molecular complexity index is 858. The highest BCUT2D eigenvalue weighted by molar-refractivity contribution is 6.32. The number of hydrogen-bond acceptors (Lipinski definition) is 5. The SMILES string of the molecule is CC(C)C(NC(=O)c1ccc(Cl)c([N+](=O)[O-])c1)C(=O)NCCc1ccccn1. The number of halogens is 1. The van der Waals surface area contributed by atoms with Crippen LogP contribution in [0.5, 0.6) is 0 Å². The van der Waals surface area contributed by atoms with Gasteiger partial charge in [-0.25, -0.2) is 0 Å². The summed E-state index contributed by atoms with van der Waals surface area (Å²) in [5.74, 6) is -1.10. The molecular weight excluding hydrogens is 384 g/mol. The van der Waals surface area contributed by atoms with Gasteiger partial charge in [0, 0.05) is 36.5 Å². The number of carbonyl (C=O) groups excluding carboxylic acids is 2. The van der Waals surface area contributed by atoms with Gasteiger partial charge < -0.3 is 10.6 Å². The fourth-order valence-electron chi connectivity index (χ4n) is 2.52. The zero-order valence-electron chi connectivity index (χ0n) is 15.5. The van der Waals surface area contributed by atoms with Gasteiger partial charge in [-0.3, -0.25) is 24.7 Å². The van der Waals surface area contributed by atoms with Gasteiger partial charge in [0.1, 0.15) is 11.1 Å². The van der Waals surface area contributed by atoms with E-state index in [2.05, 4.69) is 15.6 Å². The van der Waals surface area contributed by atoms with Crippen LogP contribution >= 0.6 is 11.6 Å². The quantitative estimate of drug-likeness (QED) is 0.518. The van der Waals surface area contributed by atoms with Gasteiger partial charge >= 0.3 is 0 Å². The summed E-state index contributed by atoms with van der Waals surface area (Å²) in [6.45, 7) is 3.97. The molecule has 2 amide bonds. The van der Waals surface area contributed by atoms with Crippen LogP contribution in [0.3, 0.4) is 0 Å². The molecule has 0 aliphatic carbocycles. The van der Waals surface area contributed by atoms with Gasteiger partial charge in [-0.1, -0.05) is 31.5 Å². The molecule has 0 aliphatic rings. The van der Waals surface area contributed by atoms with Crippen molar-refractivity contribution in [2.45, 2.75) is 26.3 Å². The van der Waals surface area contributed by atoms with Crippen molar-refractivity contribution in [1.29, 1.82) is 0 Å². The van der Waals surface area contributed by atoms with Crippen LogP contribution in [0.4, 0.5) is 5.69 Å². The third kappa shape index (κ3) is 5.75. The molecule has 2 rings (SSSR count). The number of nitro benzene ring substituents is 1. The van der Waals surface area contributed by atoms with Crippen LogP contribution in [-0.2, 0) is 11.2 Å². The number of hydrogen-bond donors (Lipinski definition) is 2. The van der Waals surface area contributed by atoms with E-state index in [0.29, 0.717) is 13.0 Å². The maximum atomic E-state index is 12.5. The number of nitrogens with one attached hydrogen (secondary N) is 2. The van der Waals surface area contributed by atoms with E-state index in [0.717, 1.165) is 11.8 Å². The maximum Gasteiger partial charge on any atom is 0.288 e. The Morgan fingerprint density at radius 2 is 2.00 bits per heavy atom. The Morgan fingerprint density at radius 1 is 1.25 bits per heavy atom. The first kappa shape index (κ1) is 21.3. The van der Waals surface area contributed by atoms with E-state index < -0.39 is 16.9 Å². The van der Waals surface area contributed by atoms with Gasteiger partial charge in [0.05, 0.1) is 4.92 Å². The second-order valence-corrected chi connectivity index (χ2v) is 6.89. The van der Waals surface area contributed by atoms with E-state index in [4.69, 9.17) is 11.6 Å². The molecule has 1 aromatic carbocycles. The smallest absolute Gasteiger partial charge is 0.288 e. The molecule has 0 aliphatic heterocycles. The molecule has 0 bridgehead atoms. The van der Waals surface area contributed by atoms with E-state index in [-0.39, 0.29) is 28.1 Å². The summed E-state index contributed by atoms with van der Waals surface area (Å²) in [4.78, 5) is 39.5. The van der Waals surface area contributed by atoms with E-state index >= 15 is 0 Å². The Kier molecular flexibility index (Phi) is 7.45. The predicted molar refractivity (Wildman–Crippen MR) is 105 cm³/mol. The molecular formula is C19H21ClN4O4. The van der Waals surface area contributed by atoms with Crippen LogP contribution in [0.25, 0.3) is 0 Å². The predicted octanol–water partition coefficient (Wildman–Crippen LogP) is 2.76. The standard InChI is InChI=1S/C19H21ClN4O4/c1-12(2)17(19(26)22-10-8-14-5-3-4-9-21-14)23-18(25)13-6-7-15(20)16(11-13)24(27)28/h3-7,9,11-12,17H,8,10H2,1-2H3,(H,22,26)(H,23,25). The van der Waals surface area contributed by atoms with Crippen molar-refractivity contribution in [3.63, 3.8) is 0 Å². The number of carbonyl (C=O) groups is 2. The molecule has 0 spiro atoms. The molecule has 2 aromatic rings. The summed E-state index contributed by atoms with van der Waals surface area (Å²) < 4.78 is 0. The lowest BCUT2D eigenvalue weighted by atomic mass is 10.0. The molecule has 9 heteroatoms. The average Bonchev–Trinajstić information content (AvgIpc) is 2.66. The highest BCUT2D eigenvalue weighted by Crippen LogP contribution is 2.25. The normalized spacial score (nSPS) is 11.7. The molecule has 1 heterocycles. The molecule has 28 heavy (non-hydrogen) atoms. The Balaban J connectivity index is 2.01. The zero-order chi connectivity index (χ0) is 20.7. The second kappa shape index (κ2) is 9.80. The first-order valence-corrected chi connectivity index (χ1v) is 9.09. The summed E-state index contributed by atoms with van der Waals surface area (Å²) in [5.41, 5.74) is 0.541. The zero-order valence-corrected chi connectivity index (χ0v) is 16.3. The lowest BCUT2D eigenvalue weighted by Gasteiger charge is -2.21. The van der Waals surface area contributed by atoms with Crippen LogP contribution in [-0.4, -0.2) is 34.3 Å². The van der Waals surface area contributed by atoms with Gasteiger partial charge in [0.15, 0.2) is 0 Å². The van der Waals surface area contributed by atoms with Crippen LogP contribution in [0.15, 0.2) is 42.6 Å². The van der Waals surface area contributed by atoms with Crippen molar-refractivity contribution < 1.29 is 14.5 Å². The van der Waals surface area contributed by atoms with Crippen molar-refractivity contribution in [1.82, 2.24) is 15.6 Å². The lowest BCUT2D eigenvalue weighted by molar-refractivity contribution is -0.384. The number of aromatic nitrogens is 1. The maximum absolute atomic E-state index is 12.5. The minimum Gasteiger partial charge on any atom is -0.354 e. The monoisotopic (exact) mass is 404 g/mol. The number of nitrogens with zero attached hydrogens (tertiary/aromatic N) is 2. The van der Waals surface area contributed by atoms with Crippen LogP contribution in [0, 0.1) is 16.0 Å². The van der Waals surface area contributed by atoms with E-state index in [1.807, 2.05) is 18.2 Å². The van der Waals surface area contributed by atoms with Crippen molar-refractivity contribution in [3.05, 3.63) is 69.0 Å². The van der Waals surface area contributed by atoms with Gasteiger partial charge in [-0.05, 0) is 30.2 Å². The molecule has 1 aromatic heterocycles. The number of rotatable bonds is 8. The topological polar surface area (TPSA) is 114 Å². The van der Waals surface area contributed by atoms with Gasteiger partial charge in [-0.15, -0.1) is 0 Å². The van der Waals surface area contributed by atoms with E-state index in [9.17, 15) is 19.7 Å². The van der Waals surface area contributed by atoms with Crippen LogP contribution in [0.1, 0.15) is 29.9 Å². The van der Waals surface area contributed by atoms with Gasteiger partial charge in [0.2, 0.25) is 5.91 Å². The van der Waals surface area contributed by atoms with Gasteiger partial charge in [-0.2, -0.15) is 0 Å². The molecule has 148 valence electrons. The van der Waals surface area contributed by atoms with E-state index in [1.54, 1.807) is 20.0 Å². The molecule has 0 saturated carbocycles. The summed E-state index contributed by atoms with van der Waals surface area (Å²) >= 11 is 5.77. The largest absolute Gasteiger partial charge is 0.354 e. The summed E-state index contributed by atoms with van der Waals surface area (Å²) in [7, 11) is 0. The number of nitro groups is 1. The highest BCUT2D eigenvalue weighted by Gasteiger charge is 2.25. The average molecular weight is 405 g/mol. The van der Waals surface area contributed by atoms with Crippen molar-refractivity contribution in [3.8, 4) is 0 Å². The van der Waals surface area contributed by atoms with Gasteiger partial charge in [0.25, 0.3) is 11.6 Å². The molecule has 8 nitrogen and oxygen atoms in total. The lowest BCUT2D eigenvalue weighted by Crippen LogP contribution is -2.50. The fraction of sp³-hybridized carbons (Fsp3) is 0.316. The minimum atomic E-state index is -0.786. The molecule has 0 radical (unpaired) electrons. The summed E-state index contributed by atoms with van der Waals surface area (Å²) in [6.07, 6.45) is 2.24. The first-order chi connectivity index (χ1) is 13.3. The van der Waals surface area contributed by atoms with E-state index in [1.165, 1.54) is 12.1 Å². The minimum absolute atomic E-state index is 0.0584. The van der Waals surface area contributed by atoms with Crippen LogP contribution in [0.2, 0.25) is 5.02 Å².